The highest BCUT2D eigenvalue weighted by atomic mass is 16.1. The molecule has 2 heterocycles. The highest BCUT2D eigenvalue weighted by Gasteiger charge is 2.08. The van der Waals surface area contributed by atoms with E-state index in [-0.39, 0.29) is 5.56 Å². The summed E-state index contributed by atoms with van der Waals surface area (Å²) in [5.74, 6) is 0. The third-order valence-electron chi connectivity index (χ3n) is 1.88. The van der Waals surface area contributed by atoms with Crippen LogP contribution in [0.1, 0.15) is 12.1 Å². The van der Waals surface area contributed by atoms with Crippen molar-refractivity contribution < 1.29 is 0 Å². The molecule has 1 aliphatic rings. The maximum atomic E-state index is 11.0. The number of aryl methyl sites for hydroxylation is 1. The van der Waals surface area contributed by atoms with Gasteiger partial charge in [0.05, 0.1) is 0 Å². The summed E-state index contributed by atoms with van der Waals surface area (Å²) >= 11 is 0. The predicted octanol–water partition coefficient (Wildman–Crippen LogP) is 0.595. The zero-order chi connectivity index (χ0) is 6.97. The normalized spacial score (nSPS) is 15.2. The van der Waals surface area contributed by atoms with E-state index in [1.54, 1.807) is 0 Å². The largest absolute Gasteiger partial charge is 0.313 e. The first kappa shape index (κ1) is 5.71. The second kappa shape index (κ2) is 1.97. The van der Waals surface area contributed by atoms with Crippen molar-refractivity contribution in [3.05, 3.63) is 34.2 Å². The van der Waals surface area contributed by atoms with Crippen molar-refractivity contribution >= 4 is 0 Å². The van der Waals surface area contributed by atoms with Crippen LogP contribution in [0.15, 0.2) is 16.9 Å². The Hall–Kier alpha value is -1.05. The molecule has 1 aliphatic heterocycles. The van der Waals surface area contributed by atoms with E-state index in [1.807, 2.05) is 10.6 Å². The fourth-order valence-corrected chi connectivity index (χ4v) is 1.39. The van der Waals surface area contributed by atoms with Gasteiger partial charge in [-0.15, -0.1) is 0 Å². The van der Waals surface area contributed by atoms with Crippen LogP contribution in [0.25, 0.3) is 0 Å². The van der Waals surface area contributed by atoms with Crippen LogP contribution in [0.3, 0.4) is 0 Å². The minimum atomic E-state index is 0.0926. The molecule has 51 valence electrons. The van der Waals surface area contributed by atoms with E-state index in [0.717, 1.165) is 25.1 Å². The summed E-state index contributed by atoms with van der Waals surface area (Å²) in [7, 11) is 0. The highest BCUT2D eigenvalue weighted by Crippen LogP contribution is 2.09. The van der Waals surface area contributed by atoms with Crippen LogP contribution in [-0.4, -0.2) is 4.57 Å². The Balaban J connectivity index is 2.70. The van der Waals surface area contributed by atoms with Crippen molar-refractivity contribution in [2.75, 3.05) is 0 Å². The van der Waals surface area contributed by atoms with Crippen molar-refractivity contribution in [2.45, 2.75) is 19.4 Å². The summed E-state index contributed by atoms with van der Waals surface area (Å²) < 4.78 is 1.82. The quantitative estimate of drug-likeness (QED) is 0.509. The van der Waals surface area contributed by atoms with Gasteiger partial charge in [0, 0.05) is 18.3 Å². The molecule has 2 heteroatoms. The molecule has 1 radical (unpaired) electrons. The number of aromatic nitrogens is 1. The van der Waals surface area contributed by atoms with Crippen molar-refractivity contribution in [2.24, 2.45) is 0 Å². The Morgan fingerprint density at radius 3 is 3.20 bits per heavy atom. The van der Waals surface area contributed by atoms with Gasteiger partial charge in [-0.25, -0.2) is 0 Å². The number of rotatable bonds is 0. The molecule has 0 amide bonds. The van der Waals surface area contributed by atoms with E-state index in [1.165, 1.54) is 6.07 Å². The van der Waals surface area contributed by atoms with Gasteiger partial charge in [-0.3, -0.25) is 4.79 Å². The Morgan fingerprint density at radius 2 is 2.40 bits per heavy atom. The molecule has 1 aromatic heterocycles. The second-order valence-electron chi connectivity index (χ2n) is 2.54. The van der Waals surface area contributed by atoms with Gasteiger partial charge < -0.3 is 4.57 Å². The van der Waals surface area contributed by atoms with Gasteiger partial charge in [0.2, 0.25) is 0 Å². The van der Waals surface area contributed by atoms with Crippen LogP contribution < -0.4 is 5.56 Å². The average molecular weight is 134 g/mol. The first-order valence-electron chi connectivity index (χ1n) is 3.48. The molecule has 0 atom stereocenters. The van der Waals surface area contributed by atoms with E-state index in [4.69, 9.17) is 0 Å². The van der Waals surface area contributed by atoms with Crippen LogP contribution in [0.4, 0.5) is 0 Å². The highest BCUT2D eigenvalue weighted by molar-refractivity contribution is 5.08. The van der Waals surface area contributed by atoms with Gasteiger partial charge in [-0.2, -0.15) is 0 Å². The molecule has 1 aromatic rings. The Labute approximate surface area is 59.1 Å². The topological polar surface area (TPSA) is 22.0 Å². The van der Waals surface area contributed by atoms with E-state index in [9.17, 15) is 4.79 Å². The maximum absolute atomic E-state index is 11.0. The van der Waals surface area contributed by atoms with E-state index in [0.29, 0.717) is 0 Å². The SMILES string of the molecule is O=c1c[c]cc2n1CCC2. The summed E-state index contributed by atoms with van der Waals surface area (Å²) in [6.45, 7) is 0.892. The monoisotopic (exact) mass is 134 g/mol. The molecule has 0 spiro atoms. The molecule has 0 saturated heterocycles. The van der Waals surface area contributed by atoms with Crippen molar-refractivity contribution in [1.29, 1.82) is 0 Å². The lowest BCUT2D eigenvalue weighted by Gasteiger charge is -1.97. The molecular formula is C8H8NO. The molecule has 0 aliphatic carbocycles. The molecule has 0 N–H and O–H groups in total. The van der Waals surface area contributed by atoms with Gasteiger partial charge in [0.1, 0.15) is 0 Å². The predicted molar refractivity (Wildman–Crippen MR) is 37.9 cm³/mol. The summed E-state index contributed by atoms with van der Waals surface area (Å²) in [5.41, 5.74) is 1.22. The van der Waals surface area contributed by atoms with Crippen LogP contribution in [0, 0.1) is 6.07 Å². The van der Waals surface area contributed by atoms with Crippen molar-refractivity contribution in [3.63, 3.8) is 0 Å². The lowest BCUT2D eigenvalue weighted by Crippen LogP contribution is -2.17. The Kier molecular flexibility index (Phi) is 1.13. The minimum absolute atomic E-state index is 0.0926. The summed E-state index contributed by atoms with van der Waals surface area (Å²) in [6, 6.07) is 6.22. The van der Waals surface area contributed by atoms with Gasteiger partial charge >= 0.3 is 0 Å². The van der Waals surface area contributed by atoms with E-state index >= 15 is 0 Å². The fraction of sp³-hybridized carbons (Fsp3) is 0.375. The van der Waals surface area contributed by atoms with Gasteiger partial charge in [-0.1, -0.05) is 0 Å². The molecule has 0 unspecified atom stereocenters. The maximum Gasteiger partial charge on any atom is 0.251 e. The standard InChI is InChI=1S/C8H8NO/c10-8-5-1-3-7-4-2-6-9(7)8/h3,5H,2,4,6H2. The summed E-state index contributed by atoms with van der Waals surface area (Å²) in [4.78, 5) is 11.0. The minimum Gasteiger partial charge on any atom is -0.313 e. The molecule has 10 heavy (non-hydrogen) atoms. The van der Waals surface area contributed by atoms with Gasteiger partial charge in [0.15, 0.2) is 0 Å². The van der Waals surface area contributed by atoms with Crippen LogP contribution in [-0.2, 0) is 13.0 Å². The molecule has 0 saturated carbocycles. The van der Waals surface area contributed by atoms with E-state index in [2.05, 4.69) is 6.07 Å². The third kappa shape index (κ3) is 0.685. The zero-order valence-electron chi connectivity index (χ0n) is 5.63. The van der Waals surface area contributed by atoms with Crippen molar-refractivity contribution in [1.82, 2.24) is 4.57 Å². The number of nitrogens with zero attached hydrogens (tertiary/aromatic N) is 1. The number of hydrogen-bond donors (Lipinski definition) is 0. The first-order chi connectivity index (χ1) is 4.88. The zero-order valence-corrected chi connectivity index (χ0v) is 5.63. The van der Waals surface area contributed by atoms with Crippen LogP contribution >= 0.6 is 0 Å². The molecule has 0 fully saturated rings. The molecule has 0 aromatic carbocycles. The van der Waals surface area contributed by atoms with Crippen molar-refractivity contribution in [3.8, 4) is 0 Å². The lowest BCUT2D eigenvalue weighted by atomic mass is 10.3. The lowest BCUT2D eigenvalue weighted by molar-refractivity contribution is 0.721. The van der Waals surface area contributed by atoms with Gasteiger partial charge in [0.25, 0.3) is 5.56 Å². The smallest absolute Gasteiger partial charge is 0.251 e. The van der Waals surface area contributed by atoms with Gasteiger partial charge in [-0.05, 0) is 25.0 Å². The second-order valence-corrected chi connectivity index (χ2v) is 2.54. The molecule has 2 rings (SSSR count). The van der Waals surface area contributed by atoms with Crippen LogP contribution in [0.5, 0.6) is 0 Å². The van der Waals surface area contributed by atoms with Crippen LogP contribution in [0.2, 0.25) is 0 Å². The number of fused-ring (bicyclic) bond motifs is 1. The molecule has 0 bridgehead atoms. The average Bonchev–Trinajstić information content (AvgIpc) is 2.36. The number of hydrogen-bond acceptors (Lipinski definition) is 1. The van der Waals surface area contributed by atoms with E-state index < -0.39 is 0 Å². The first-order valence-corrected chi connectivity index (χ1v) is 3.48. The summed E-state index contributed by atoms with van der Waals surface area (Å²) in [6.07, 6.45) is 2.14. The Bertz CT molecular complexity index is 300. The third-order valence-corrected chi connectivity index (χ3v) is 1.88. The Morgan fingerprint density at radius 1 is 1.50 bits per heavy atom. The molecule has 2 nitrogen and oxygen atoms in total. The fourth-order valence-electron chi connectivity index (χ4n) is 1.39. The summed E-state index contributed by atoms with van der Waals surface area (Å²) in [5, 5.41) is 0. The molecular weight excluding hydrogens is 126 g/mol. The number of pyridine rings is 1.